The number of carbonyl (C=O) groups excluding carboxylic acids is 1. The summed E-state index contributed by atoms with van der Waals surface area (Å²) in [6, 6.07) is 0. The molecule has 0 spiro atoms. The molecule has 1 aliphatic rings. The molecule has 1 fully saturated rings. The van der Waals surface area contributed by atoms with Crippen molar-refractivity contribution in [1.82, 2.24) is 15.1 Å². The summed E-state index contributed by atoms with van der Waals surface area (Å²) in [5.74, 6) is 0.832. The first-order valence-electron chi connectivity index (χ1n) is 7.66. The molecule has 1 N–H and O–H groups in total. The van der Waals surface area contributed by atoms with E-state index in [4.69, 9.17) is 14.2 Å². The van der Waals surface area contributed by atoms with Crippen molar-refractivity contribution in [2.75, 3.05) is 73.3 Å². The molecule has 0 unspecified atom stereocenters. The Morgan fingerprint density at radius 1 is 1.14 bits per heavy atom. The summed E-state index contributed by atoms with van der Waals surface area (Å²) in [5.41, 5.74) is 0. The summed E-state index contributed by atoms with van der Waals surface area (Å²) in [4.78, 5) is 19.8. The highest BCUT2D eigenvalue weighted by molar-refractivity contribution is 5.80. The average Bonchev–Trinajstić information content (AvgIpc) is 2.55. The number of rotatable bonds is 7. The van der Waals surface area contributed by atoms with Crippen LogP contribution in [0.3, 0.4) is 0 Å². The van der Waals surface area contributed by atoms with E-state index in [2.05, 4.69) is 15.2 Å². The van der Waals surface area contributed by atoms with Crippen molar-refractivity contribution >= 4 is 12.1 Å². The largest absolute Gasteiger partial charge is 0.450 e. The highest BCUT2D eigenvalue weighted by Gasteiger charge is 2.23. The highest BCUT2D eigenvalue weighted by Crippen LogP contribution is 2.04. The molecule has 8 nitrogen and oxygen atoms in total. The van der Waals surface area contributed by atoms with Gasteiger partial charge in [-0.15, -0.1) is 0 Å². The fourth-order valence-corrected chi connectivity index (χ4v) is 2.13. The normalized spacial score (nSPS) is 15.9. The van der Waals surface area contributed by atoms with Crippen molar-refractivity contribution < 1.29 is 19.0 Å². The number of guanidine groups is 1. The number of carbonyl (C=O) groups is 1. The van der Waals surface area contributed by atoms with Gasteiger partial charge < -0.3 is 29.3 Å². The minimum absolute atomic E-state index is 0.239. The van der Waals surface area contributed by atoms with Crippen molar-refractivity contribution in [2.24, 2.45) is 4.99 Å². The topological polar surface area (TPSA) is 75.6 Å². The van der Waals surface area contributed by atoms with Gasteiger partial charge in [-0.3, -0.25) is 4.99 Å². The molecule has 128 valence electrons. The summed E-state index contributed by atoms with van der Waals surface area (Å²) >= 11 is 0. The zero-order valence-electron chi connectivity index (χ0n) is 13.8. The molecule has 22 heavy (non-hydrogen) atoms. The Morgan fingerprint density at radius 3 is 2.41 bits per heavy atom. The minimum atomic E-state index is -0.239. The van der Waals surface area contributed by atoms with Crippen molar-refractivity contribution in [3.05, 3.63) is 0 Å². The van der Waals surface area contributed by atoms with E-state index in [1.165, 1.54) is 0 Å². The molecule has 1 aliphatic heterocycles. The second-order valence-corrected chi connectivity index (χ2v) is 4.75. The van der Waals surface area contributed by atoms with E-state index in [0.717, 1.165) is 19.0 Å². The van der Waals surface area contributed by atoms with Crippen LogP contribution in [0.2, 0.25) is 0 Å². The van der Waals surface area contributed by atoms with E-state index in [9.17, 15) is 4.79 Å². The van der Waals surface area contributed by atoms with Crippen LogP contribution in [0.1, 0.15) is 6.92 Å². The molecule has 1 saturated heterocycles. The van der Waals surface area contributed by atoms with E-state index >= 15 is 0 Å². The summed E-state index contributed by atoms with van der Waals surface area (Å²) < 4.78 is 15.3. The summed E-state index contributed by atoms with van der Waals surface area (Å²) in [7, 11) is 3.41. The molecule has 1 heterocycles. The lowest BCUT2D eigenvalue weighted by Crippen LogP contribution is -2.54. The third-order valence-electron chi connectivity index (χ3n) is 3.28. The van der Waals surface area contributed by atoms with Gasteiger partial charge in [-0.2, -0.15) is 0 Å². The third-order valence-corrected chi connectivity index (χ3v) is 3.28. The monoisotopic (exact) mass is 316 g/mol. The fourth-order valence-electron chi connectivity index (χ4n) is 2.13. The van der Waals surface area contributed by atoms with Crippen LogP contribution in [0.25, 0.3) is 0 Å². The zero-order chi connectivity index (χ0) is 16.2. The van der Waals surface area contributed by atoms with Crippen LogP contribution in [-0.4, -0.2) is 95.2 Å². The van der Waals surface area contributed by atoms with Gasteiger partial charge in [0, 0.05) is 46.9 Å². The van der Waals surface area contributed by atoms with Crippen LogP contribution in [0.5, 0.6) is 0 Å². The average molecular weight is 316 g/mol. The number of ether oxygens (including phenoxy) is 3. The Hall–Kier alpha value is -1.54. The molecule has 0 aromatic carbocycles. The molecule has 1 rings (SSSR count). The van der Waals surface area contributed by atoms with Crippen molar-refractivity contribution in [3.63, 3.8) is 0 Å². The molecule has 0 atom stereocenters. The van der Waals surface area contributed by atoms with Gasteiger partial charge in [0.25, 0.3) is 0 Å². The molecule has 0 radical (unpaired) electrons. The molecule has 0 bridgehead atoms. The van der Waals surface area contributed by atoms with Crippen LogP contribution in [-0.2, 0) is 14.2 Å². The van der Waals surface area contributed by atoms with E-state index in [1.54, 1.807) is 19.1 Å². The number of nitrogens with one attached hydrogen (secondary N) is 1. The van der Waals surface area contributed by atoms with Crippen molar-refractivity contribution in [1.29, 1.82) is 0 Å². The Morgan fingerprint density at radius 2 is 1.82 bits per heavy atom. The van der Waals surface area contributed by atoms with Gasteiger partial charge in [0.2, 0.25) is 0 Å². The predicted molar refractivity (Wildman–Crippen MR) is 84.2 cm³/mol. The first kappa shape index (κ1) is 18.5. The maximum Gasteiger partial charge on any atom is 0.409 e. The van der Waals surface area contributed by atoms with Crippen molar-refractivity contribution in [2.45, 2.75) is 6.92 Å². The van der Waals surface area contributed by atoms with Gasteiger partial charge in [0.05, 0.1) is 26.4 Å². The molecule has 0 saturated carbocycles. The van der Waals surface area contributed by atoms with E-state index in [-0.39, 0.29) is 6.09 Å². The minimum Gasteiger partial charge on any atom is -0.450 e. The standard InChI is InChI=1S/C14H28N4O4/c1-4-22-14(19)18-8-6-17(7-9-18)13(15-2)16-5-10-21-12-11-20-3/h4-12H2,1-3H3,(H,15,16). The van der Waals surface area contributed by atoms with E-state index in [0.29, 0.717) is 46.1 Å². The number of hydrogen-bond donors (Lipinski definition) is 1. The SMILES string of the molecule is CCOC(=O)N1CCN(C(=NC)NCCOCCOC)CC1. The maximum absolute atomic E-state index is 11.7. The predicted octanol–water partition coefficient (Wildman–Crippen LogP) is -0.00110. The Kier molecular flexibility index (Phi) is 9.33. The number of piperazine rings is 1. The lowest BCUT2D eigenvalue weighted by Gasteiger charge is -2.35. The number of nitrogens with zero attached hydrogens (tertiary/aromatic N) is 3. The molecule has 0 aromatic heterocycles. The highest BCUT2D eigenvalue weighted by atomic mass is 16.6. The Labute approximate surface area is 132 Å². The van der Waals surface area contributed by atoms with Gasteiger partial charge in [-0.1, -0.05) is 0 Å². The quantitative estimate of drug-likeness (QED) is 0.405. The summed E-state index contributed by atoms with van der Waals surface area (Å²) in [6.07, 6.45) is -0.239. The smallest absolute Gasteiger partial charge is 0.409 e. The lowest BCUT2D eigenvalue weighted by atomic mass is 10.3. The first-order chi connectivity index (χ1) is 10.7. The maximum atomic E-state index is 11.7. The summed E-state index contributed by atoms with van der Waals surface area (Å²) in [6.45, 7) is 7.47. The second kappa shape index (κ2) is 11.1. The number of aliphatic imine (C=N–C) groups is 1. The van der Waals surface area contributed by atoms with Crippen LogP contribution in [0.4, 0.5) is 4.79 Å². The van der Waals surface area contributed by atoms with E-state index in [1.807, 2.05) is 6.92 Å². The van der Waals surface area contributed by atoms with E-state index < -0.39 is 0 Å². The number of hydrogen-bond acceptors (Lipinski definition) is 5. The molecular weight excluding hydrogens is 288 g/mol. The van der Waals surface area contributed by atoms with Gasteiger partial charge >= 0.3 is 6.09 Å². The molecule has 0 aromatic rings. The van der Waals surface area contributed by atoms with Gasteiger partial charge in [0.1, 0.15) is 0 Å². The molecule has 0 aliphatic carbocycles. The zero-order valence-corrected chi connectivity index (χ0v) is 13.8. The lowest BCUT2D eigenvalue weighted by molar-refractivity contribution is 0.0727. The molecule has 1 amide bonds. The van der Waals surface area contributed by atoms with Crippen LogP contribution in [0, 0.1) is 0 Å². The summed E-state index contributed by atoms with van der Waals surface area (Å²) in [5, 5.41) is 3.26. The Bertz CT molecular complexity index is 344. The first-order valence-corrected chi connectivity index (χ1v) is 7.66. The molecular formula is C14H28N4O4. The second-order valence-electron chi connectivity index (χ2n) is 4.75. The van der Waals surface area contributed by atoms with Gasteiger partial charge in [0.15, 0.2) is 5.96 Å². The van der Waals surface area contributed by atoms with Crippen LogP contribution < -0.4 is 5.32 Å². The number of amides is 1. The third kappa shape index (κ3) is 6.48. The van der Waals surface area contributed by atoms with Crippen molar-refractivity contribution in [3.8, 4) is 0 Å². The van der Waals surface area contributed by atoms with Crippen LogP contribution >= 0.6 is 0 Å². The Balaban J connectivity index is 2.24. The van der Waals surface area contributed by atoms with Crippen LogP contribution in [0.15, 0.2) is 4.99 Å². The molecule has 8 heteroatoms. The van der Waals surface area contributed by atoms with Gasteiger partial charge in [-0.25, -0.2) is 4.79 Å². The van der Waals surface area contributed by atoms with Gasteiger partial charge in [-0.05, 0) is 6.92 Å². The number of methoxy groups -OCH3 is 1. The fraction of sp³-hybridized carbons (Fsp3) is 0.857.